The Balaban J connectivity index is 1.33. The Morgan fingerprint density at radius 2 is 1.19 bits per heavy atom. The average molecular weight is 749 g/mol. The highest BCUT2D eigenvalue weighted by Crippen LogP contribution is 2.51. The van der Waals surface area contributed by atoms with E-state index in [2.05, 4.69) is 181 Å². The molecule has 5 nitrogen and oxygen atoms in total. The molecular weight excluding hydrogens is 699 g/mol. The van der Waals surface area contributed by atoms with Crippen LogP contribution in [-0.2, 0) is 10.8 Å². The van der Waals surface area contributed by atoms with E-state index < -0.39 is 0 Å². The lowest BCUT2D eigenvalue weighted by Gasteiger charge is -2.44. The molecule has 0 aliphatic carbocycles. The smallest absolute Gasteiger partial charge is 0.257 e. The Morgan fingerprint density at radius 1 is 0.561 bits per heavy atom. The van der Waals surface area contributed by atoms with E-state index in [-0.39, 0.29) is 17.5 Å². The van der Waals surface area contributed by atoms with E-state index in [1.807, 2.05) is 0 Å². The first kappa shape index (κ1) is 35.5. The Morgan fingerprint density at radius 3 is 1.88 bits per heavy atom. The van der Waals surface area contributed by atoms with Crippen LogP contribution < -0.4 is 35.7 Å². The molecule has 0 saturated carbocycles. The first-order valence-electron chi connectivity index (χ1n) is 20.3. The molecule has 1 aromatic heterocycles. The van der Waals surface area contributed by atoms with Gasteiger partial charge < -0.3 is 18.8 Å². The van der Waals surface area contributed by atoms with Crippen LogP contribution in [0.15, 0.2) is 114 Å². The first-order chi connectivity index (χ1) is 27.3. The number of furan rings is 1. The molecular formula is C51H49BN2O3. The SMILES string of the molecule is Cc1cc2c3c(c1)N(c1c(C)cc(C(C)(C)C)cc1C)c1oc4ccccc4c1B3c1cc3c(cc1N2c1ccc(C(C)(C)C)cc1-c1ccccc1)OCCO3. The molecule has 0 unspecified atom stereocenters. The van der Waals surface area contributed by atoms with Crippen molar-refractivity contribution in [3.8, 4) is 22.6 Å². The van der Waals surface area contributed by atoms with Gasteiger partial charge in [0.05, 0.1) is 11.4 Å². The second kappa shape index (κ2) is 12.6. The van der Waals surface area contributed by atoms with Crippen LogP contribution in [0.5, 0.6) is 11.5 Å². The van der Waals surface area contributed by atoms with Gasteiger partial charge in [-0.1, -0.05) is 108 Å². The minimum Gasteiger partial charge on any atom is -0.486 e. The highest BCUT2D eigenvalue weighted by molar-refractivity contribution is 7.01. The minimum absolute atomic E-state index is 0.0161. The summed E-state index contributed by atoms with van der Waals surface area (Å²) in [6.07, 6.45) is 0. The molecule has 0 bridgehead atoms. The van der Waals surface area contributed by atoms with Crippen LogP contribution in [0.2, 0.25) is 0 Å². The summed E-state index contributed by atoms with van der Waals surface area (Å²) in [6, 6.07) is 40.3. The Bertz CT molecular complexity index is 2750. The van der Waals surface area contributed by atoms with Crippen LogP contribution in [0.1, 0.15) is 69.4 Å². The predicted octanol–water partition coefficient (Wildman–Crippen LogP) is 11.5. The molecule has 0 radical (unpaired) electrons. The number of nitrogens with zero attached hydrogens (tertiary/aromatic N) is 2. The van der Waals surface area contributed by atoms with Gasteiger partial charge in [-0.3, -0.25) is 4.90 Å². The van der Waals surface area contributed by atoms with Crippen molar-refractivity contribution >= 4 is 68.4 Å². The third kappa shape index (κ3) is 5.51. The standard InChI is InChI=1S/C51H49BN2O3/c1-30-23-41-47-42(24-30)54(48-31(2)25-35(26-32(48)3)51(7,8)9)49-46(36-17-13-14-18-43(36)57-49)52(47)38-28-44-45(56-22-21-55-44)29-40(38)53(41)39-20-19-34(50(4,5)6)27-37(39)33-15-11-10-12-16-33/h10-20,23-29H,21-22H2,1-9H3. The van der Waals surface area contributed by atoms with Gasteiger partial charge in [-0.15, -0.1) is 0 Å². The number of benzene rings is 6. The summed E-state index contributed by atoms with van der Waals surface area (Å²) in [5.41, 5.74) is 18.7. The van der Waals surface area contributed by atoms with Crippen molar-refractivity contribution < 1.29 is 13.9 Å². The Hall–Kier alpha value is -5.88. The second-order valence-corrected chi connectivity index (χ2v) is 18.2. The molecule has 10 rings (SSSR count). The maximum absolute atomic E-state index is 7.08. The molecule has 7 aromatic rings. The summed E-state index contributed by atoms with van der Waals surface area (Å²) in [7, 11) is 0. The highest BCUT2D eigenvalue weighted by Gasteiger charge is 2.47. The van der Waals surface area contributed by atoms with E-state index in [0.29, 0.717) is 13.2 Å². The van der Waals surface area contributed by atoms with Crippen LogP contribution >= 0.6 is 0 Å². The van der Waals surface area contributed by atoms with Crippen molar-refractivity contribution in [2.24, 2.45) is 0 Å². The van der Waals surface area contributed by atoms with Crippen LogP contribution in [-0.4, -0.2) is 19.9 Å². The largest absolute Gasteiger partial charge is 0.486 e. The zero-order valence-corrected chi connectivity index (χ0v) is 34.5. The normalized spacial score (nSPS) is 14.4. The number of ether oxygens (including phenoxy) is 2. The topological polar surface area (TPSA) is 38.1 Å². The van der Waals surface area contributed by atoms with Crippen LogP contribution in [0.4, 0.5) is 34.3 Å². The number of fused-ring (bicyclic) bond motifs is 7. The summed E-state index contributed by atoms with van der Waals surface area (Å²) in [4.78, 5) is 4.93. The molecule has 284 valence electrons. The zero-order valence-electron chi connectivity index (χ0n) is 34.5. The number of rotatable bonds is 3. The monoisotopic (exact) mass is 748 g/mol. The fraction of sp³-hybridized carbons (Fsp3) is 0.255. The molecule has 0 fully saturated rings. The third-order valence-corrected chi connectivity index (χ3v) is 12.2. The molecule has 6 heteroatoms. The molecule has 6 aromatic carbocycles. The summed E-state index contributed by atoms with van der Waals surface area (Å²) < 4.78 is 19.8. The van der Waals surface area contributed by atoms with Gasteiger partial charge in [0.15, 0.2) is 11.5 Å². The summed E-state index contributed by atoms with van der Waals surface area (Å²) in [6.45, 7) is 21.4. The molecule has 0 spiro atoms. The van der Waals surface area contributed by atoms with E-state index in [9.17, 15) is 0 Å². The van der Waals surface area contributed by atoms with Gasteiger partial charge in [0.1, 0.15) is 18.8 Å². The number of para-hydroxylation sites is 1. The lowest BCUT2D eigenvalue weighted by atomic mass is 9.33. The summed E-state index contributed by atoms with van der Waals surface area (Å²) >= 11 is 0. The molecule has 57 heavy (non-hydrogen) atoms. The first-order valence-corrected chi connectivity index (χ1v) is 20.3. The molecule has 0 saturated heterocycles. The van der Waals surface area contributed by atoms with Gasteiger partial charge in [-0.25, -0.2) is 0 Å². The zero-order chi connectivity index (χ0) is 39.5. The number of aryl methyl sites for hydroxylation is 3. The Kier molecular flexibility index (Phi) is 7.83. The quantitative estimate of drug-likeness (QED) is 0.168. The predicted molar refractivity (Wildman–Crippen MR) is 238 cm³/mol. The van der Waals surface area contributed by atoms with Gasteiger partial charge >= 0.3 is 0 Å². The van der Waals surface area contributed by atoms with Crippen molar-refractivity contribution in [2.45, 2.75) is 73.1 Å². The van der Waals surface area contributed by atoms with E-state index >= 15 is 0 Å². The maximum atomic E-state index is 7.08. The van der Waals surface area contributed by atoms with E-state index in [1.54, 1.807) is 0 Å². The summed E-state index contributed by atoms with van der Waals surface area (Å²) in [5.74, 6) is 2.42. The van der Waals surface area contributed by atoms with Crippen molar-refractivity contribution in [3.63, 3.8) is 0 Å². The molecule has 3 aliphatic heterocycles. The lowest BCUT2D eigenvalue weighted by molar-refractivity contribution is 0.172. The van der Waals surface area contributed by atoms with E-state index in [1.165, 1.54) is 55.3 Å². The van der Waals surface area contributed by atoms with Gasteiger partial charge in [0.25, 0.3) is 6.71 Å². The number of hydrogen-bond acceptors (Lipinski definition) is 5. The molecule has 0 amide bonds. The van der Waals surface area contributed by atoms with Gasteiger partial charge in [0.2, 0.25) is 5.88 Å². The van der Waals surface area contributed by atoms with Gasteiger partial charge in [-0.05, 0) is 112 Å². The van der Waals surface area contributed by atoms with Crippen molar-refractivity contribution in [2.75, 3.05) is 23.0 Å². The second-order valence-electron chi connectivity index (χ2n) is 18.2. The van der Waals surface area contributed by atoms with Crippen LogP contribution in [0, 0.1) is 20.8 Å². The van der Waals surface area contributed by atoms with Crippen molar-refractivity contribution in [1.29, 1.82) is 0 Å². The van der Waals surface area contributed by atoms with Crippen LogP contribution in [0.3, 0.4) is 0 Å². The maximum Gasteiger partial charge on any atom is 0.257 e. The molecule has 4 heterocycles. The molecule has 0 atom stereocenters. The fourth-order valence-electron chi connectivity index (χ4n) is 9.41. The molecule has 3 aliphatic rings. The van der Waals surface area contributed by atoms with Gasteiger partial charge in [0, 0.05) is 39.5 Å². The number of hydrogen-bond donors (Lipinski definition) is 0. The average Bonchev–Trinajstić information content (AvgIpc) is 3.56. The highest BCUT2D eigenvalue weighted by atomic mass is 16.6. The molecule has 0 N–H and O–H groups in total. The van der Waals surface area contributed by atoms with Crippen molar-refractivity contribution in [1.82, 2.24) is 0 Å². The fourth-order valence-corrected chi connectivity index (χ4v) is 9.41. The van der Waals surface area contributed by atoms with Gasteiger partial charge in [-0.2, -0.15) is 0 Å². The minimum atomic E-state index is -0.129. The van der Waals surface area contributed by atoms with E-state index in [4.69, 9.17) is 13.9 Å². The van der Waals surface area contributed by atoms with E-state index in [0.717, 1.165) is 56.8 Å². The third-order valence-electron chi connectivity index (χ3n) is 12.2. The van der Waals surface area contributed by atoms with Crippen LogP contribution in [0.25, 0.3) is 22.1 Å². The number of anilines is 6. The summed E-state index contributed by atoms with van der Waals surface area (Å²) in [5, 5.41) is 1.12. The van der Waals surface area contributed by atoms with Crippen molar-refractivity contribution in [3.05, 3.63) is 137 Å². The Labute approximate surface area is 336 Å². The lowest BCUT2D eigenvalue weighted by Crippen LogP contribution is -2.61.